The molecule has 1 N–H and O–H groups in total. The van der Waals surface area contributed by atoms with Gasteiger partial charge in [-0.05, 0) is 85.2 Å². The number of anilines is 1. The topological polar surface area (TPSA) is 123 Å². The lowest BCUT2D eigenvalue weighted by atomic mass is 9.64. The van der Waals surface area contributed by atoms with Gasteiger partial charge in [0.1, 0.15) is 23.5 Å². The van der Waals surface area contributed by atoms with Crippen LogP contribution < -0.4 is 9.64 Å². The fourth-order valence-electron chi connectivity index (χ4n) is 8.36. The van der Waals surface area contributed by atoms with Crippen LogP contribution in [0.1, 0.15) is 98.2 Å². The van der Waals surface area contributed by atoms with Crippen LogP contribution in [0, 0.1) is 0 Å². The number of ether oxygens (including phenoxy) is 1. The highest BCUT2D eigenvalue weighted by atomic mass is 16.5. The predicted molar refractivity (Wildman–Crippen MR) is 156 cm³/mol. The Kier molecular flexibility index (Phi) is 5.50. The minimum atomic E-state index is -2.07. The van der Waals surface area contributed by atoms with E-state index in [1.807, 2.05) is 9.58 Å². The molecule has 224 valence electrons. The average Bonchev–Trinajstić information content (AvgIpc) is 3.69. The van der Waals surface area contributed by atoms with Crippen LogP contribution >= 0.6 is 0 Å². The van der Waals surface area contributed by atoms with Crippen molar-refractivity contribution in [3.8, 4) is 17.4 Å². The summed E-state index contributed by atoms with van der Waals surface area (Å²) in [5.74, 6) is 1.93. The van der Waals surface area contributed by atoms with Crippen molar-refractivity contribution >= 4 is 22.6 Å². The number of nitrogens with zero attached hydrogens (tertiary/aromatic N) is 7. The van der Waals surface area contributed by atoms with E-state index in [2.05, 4.69) is 24.0 Å². The highest BCUT2D eigenvalue weighted by Gasteiger charge is 2.49. The van der Waals surface area contributed by atoms with Gasteiger partial charge >= 0.3 is 0 Å². The molecule has 1 saturated carbocycles. The first-order valence-corrected chi connectivity index (χ1v) is 15.7. The lowest BCUT2D eigenvalue weighted by molar-refractivity contribution is -0.128. The summed E-state index contributed by atoms with van der Waals surface area (Å²) in [4.78, 5) is 27.7. The number of likely N-dealkylation sites (tertiary alicyclic amines) is 1. The first-order chi connectivity index (χ1) is 21.0. The number of rotatable bonds is 3. The highest BCUT2D eigenvalue weighted by Crippen LogP contribution is 2.48. The Morgan fingerprint density at radius 2 is 1.98 bits per heavy atom. The number of Topliss-reactive ketones (excluding diaryl/α,β-unsaturated/α-hetero) is 1. The zero-order valence-corrected chi connectivity index (χ0v) is 24.7. The summed E-state index contributed by atoms with van der Waals surface area (Å²) in [5.41, 5.74) is 0.319. The summed E-state index contributed by atoms with van der Waals surface area (Å²) in [6.07, 6.45) is 8.54. The summed E-state index contributed by atoms with van der Waals surface area (Å²) in [6, 6.07) is -0.519. The molecule has 5 aliphatic rings. The molecule has 1 unspecified atom stereocenters. The molecule has 6 heterocycles. The summed E-state index contributed by atoms with van der Waals surface area (Å²) in [5, 5.41) is 21.2. The third-order valence-corrected chi connectivity index (χ3v) is 10.7. The van der Waals surface area contributed by atoms with Crippen molar-refractivity contribution in [1.29, 1.82) is 0 Å². The predicted octanol–water partition coefficient (Wildman–Crippen LogP) is 3.97. The normalized spacial score (nSPS) is 34.0. The SMILES string of the molecule is [2H]C1([2H])Oc2nn([C@@H](C)[C@@H]3CCCN3C)c3nc(-c4noc5c4CCC[C@@]54CCCCC4=O)nc(c23)N2CC(C)(O)CC[C@@H]21. The molecular weight excluding hydrogens is 534 g/mol. The second kappa shape index (κ2) is 9.47. The Labute approximate surface area is 248 Å². The summed E-state index contributed by atoms with van der Waals surface area (Å²) < 4.78 is 32.0. The van der Waals surface area contributed by atoms with Gasteiger partial charge in [0, 0.05) is 24.6 Å². The van der Waals surface area contributed by atoms with E-state index in [9.17, 15) is 9.90 Å². The van der Waals surface area contributed by atoms with Crippen molar-refractivity contribution < 1.29 is 21.9 Å². The van der Waals surface area contributed by atoms with Crippen LogP contribution in [0.2, 0.25) is 0 Å². The molecular formula is C31H41N7O4. The molecule has 42 heavy (non-hydrogen) atoms. The first-order valence-electron chi connectivity index (χ1n) is 16.7. The lowest BCUT2D eigenvalue weighted by Crippen LogP contribution is -2.53. The van der Waals surface area contributed by atoms with E-state index in [1.165, 1.54) is 0 Å². The number of hydrogen-bond donors (Lipinski definition) is 1. The van der Waals surface area contributed by atoms with Crippen LogP contribution in [-0.2, 0) is 16.6 Å². The summed E-state index contributed by atoms with van der Waals surface area (Å²) >= 11 is 0. The maximum Gasteiger partial charge on any atom is 0.246 e. The van der Waals surface area contributed by atoms with Crippen LogP contribution in [0.25, 0.3) is 22.6 Å². The van der Waals surface area contributed by atoms with E-state index in [1.54, 1.807) is 6.92 Å². The number of aromatic nitrogens is 5. The number of aliphatic hydroxyl groups is 1. The standard InChI is InChI=1S/C31H41N7O4/c1-18(21-9-7-15-36(21)3)38-28-23-27(37-17-30(2,40)14-11-19(37)16-41-29(23)34-38)32-26(33-28)24-20-8-6-13-31(25(20)42-35-24)12-5-4-10-22(31)39/h18-19,21,40H,4-17H2,1-3H3/t18-,19+,21-,30?,31+/m0/s1/i16D2. The average molecular weight is 578 g/mol. The zero-order valence-electron chi connectivity index (χ0n) is 26.7. The van der Waals surface area contributed by atoms with Crippen LogP contribution in [0.3, 0.4) is 0 Å². The maximum absolute atomic E-state index is 13.3. The number of hydrogen-bond acceptors (Lipinski definition) is 10. The zero-order chi connectivity index (χ0) is 30.6. The number of ketones is 1. The molecule has 3 aromatic heterocycles. The smallest absolute Gasteiger partial charge is 0.246 e. The maximum atomic E-state index is 13.3. The molecule has 0 radical (unpaired) electrons. The fourth-order valence-corrected chi connectivity index (χ4v) is 8.36. The van der Waals surface area contributed by atoms with E-state index in [0.717, 1.165) is 63.5 Å². The van der Waals surface area contributed by atoms with Crippen molar-refractivity contribution in [2.45, 2.75) is 114 Å². The van der Waals surface area contributed by atoms with E-state index < -0.39 is 23.6 Å². The minimum Gasteiger partial charge on any atom is -0.474 e. The molecule has 0 aromatic carbocycles. The van der Waals surface area contributed by atoms with Gasteiger partial charge in [-0.15, -0.1) is 5.10 Å². The minimum absolute atomic E-state index is 0.0714. The van der Waals surface area contributed by atoms with Crippen molar-refractivity contribution in [3.63, 3.8) is 0 Å². The number of fused-ring (bicyclic) bond motifs is 4. The number of carbonyl (C=O) groups is 1. The lowest BCUT2D eigenvalue weighted by Gasteiger charge is -2.42. The van der Waals surface area contributed by atoms with Gasteiger partial charge in [-0.3, -0.25) is 4.79 Å². The van der Waals surface area contributed by atoms with Gasteiger partial charge in [0.15, 0.2) is 22.9 Å². The Balaban J connectivity index is 1.35. The van der Waals surface area contributed by atoms with Gasteiger partial charge in [0.25, 0.3) is 0 Å². The van der Waals surface area contributed by atoms with Gasteiger partial charge in [-0.2, -0.15) is 0 Å². The quantitative estimate of drug-likeness (QED) is 0.489. The Morgan fingerprint density at radius 1 is 1.12 bits per heavy atom. The Bertz CT molecular complexity index is 1650. The van der Waals surface area contributed by atoms with Crippen LogP contribution in [0.4, 0.5) is 5.82 Å². The summed E-state index contributed by atoms with van der Waals surface area (Å²) in [6.45, 7) is 3.02. The van der Waals surface area contributed by atoms with Gasteiger partial charge in [-0.1, -0.05) is 11.6 Å². The second-order valence-corrected chi connectivity index (χ2v) is 13.6. The third-order valence-electron chi connectivity index (χ3n) is 10.7. The largest absolute Gasteiger partial charge is 0.474 e. The molecule has 5 atom stereocenters. The molecule has 3 aliphatic heterocycles. The number of likely N-dealkylation sites (N-methyl/N-ethyl adjacent to an activating group) is 1. The number of carbonyl (C=O) groups excluding carboxylic acids is 1. The van der Waals surface area contributed by atoms with Gasteiger partial charge in [-0.25, -0.2) is 14.6 Å². The van der Waals surface area contributed by atoms with E-state index in [0.29, 0.717) is 53.4 Å². The highest BCUT2D eigenvalue weighted by molar-refractivity contribution is 5.95. The van der Waals surface area contributed by atoms with E-state index in [-0.39, 0.29) is 30.3 Å². The summed E-state index contributed by atoms with van der Waals surface area (Å²) in [7, 11) is 2.12. The van der Waals surface area contributed by atoms with Crippen molar-refractivity contribution in [1.82, 2.24) is 29.8 Å². The second-order valence-electron chi connectivity index (χ2n) is 13.6. The molecule has 2 saturated heterocycles. The molecule has 11 nitrogen and oxygen atoms in total. The van der Waals surface area contributed by atoms with Crippen LogP contribution in [0.5, 0.6) is 5.88 Å². The molecule has 3 fully saturated rings. The molecule has 11 heteroatoms. The van der Waals surface area contributed by atoms with E-state index >= 15 is 0 Å². The fraction of sp³-hybridized carbons (Fsp3) is 0.710. The van der Waals surface area contributed by atoms with Crippen molar-refractivity contribution in [3.05, 3.63) is 11.3 Å². The molecule has 8 rings (SSSR count). The Morgan fingerprint density at radius 3 is 2.79 bits per heavy atom. The van der Waals surface area contributed by atoms with Gasteiger partial charge < -0.3 is 24.2 Å². The third kappa shape index (κ3) is 3.88. The molecule has 0 bridgehead atoms. The van der Waals surface area contributed by atoms with Crippen molar-refractivity contribution in [2.75, 3.05) is 31.6 Å². The van der Waals surface area contributed by atoms with Gasteiger partial charge in [0.05, 0.1) is 25.8 Å². The van der Waals surface area contributed by atoms with Crippen molar-refractivity contribution in [2.24, 2.45) is 0 Å². The van der Waals surface area contributed by atoms with Crippen LogP contribution in [0.15, 0.2) is 4.52 Å². The number of piperidine rings is 1. The van der Waals surface area contributed by atoms with E-state index in [4.69, 9.17) is 27.1 Å². The Hall–Kier alpha value is -3.05. The van der Waals surface area contributed by atoms with Crippen LogP contribution in [-0.4, -0.2) is 85.1 Å². The van der Waals surface area contributed by atoms with Gasteiger partial charge in [0.2, 0.25) is 5.88 Å². The first kappa shape index (κ1) is 24.4. The molecule has 1 spiro atoms. The monoisotopic (exact) mass is 577 g/mol. The molecule has 2 aliphatic carbocycles. The molecule has 3 aromatic rings. The molecule has 0 amide bonds.